The van der Waals surface area contributed by atoms with Crippen LogP contribution in [0.5, 0.6) is 0 Å². The first-order valence-corrected chi connectivity index (χ1v) is 5.68. The minimum absolute atomic E-state index is 0. The van der Waals surface area contributed by atoms with Crippen LogP contribution in [0.4, 0.5) is 0 Å². The maximum absolute atomic E-state index is 11.0. The number of unbranched alkanes of at least 4 members (excludes halogenated alkanes) is 2. The molecule has 3 nitrogen and oxygen atoms in total. The van der Waals surface area contributed by atoms with Crippen molar-refractivity contribution < 1.29 is 15.5 Å². The average molecular weight is 234 g/mol. The molecule has 0 atom stereocenters. The van der Waals surface area contributed by atoms with E-state index in [4.69, 9.17) is 0 Å². The SMILES string of the molecule is C=CCOS(=O)(=O)CCCCC.[Ca+2].[H-].[H-]. The molecule has 0 unspecified atom stereocenters. The molecule has 13 heavy (non-hydrogen) atoms. The molecule has 0 saturated carbocycles. The number of hydrogen-bond acceptors (Lipinski definition) is 3. The summed E-state index contributed by atoms with van der Waals surface area (Å²) in [5, 5.41) is 0. The fraction of sp³-hybridized carbons (Fsp3) is 0.750. The van der Waals surface area contributed by atoms with E-state index in [9.17, 15) is 8.42 Å². The van der Waals surface area contributed by atoms with Crippen LogP contribution in [0.15, 0.2) is 12.7 Å². The molecular weight excluding hydrogens is 216 g/mol. The summed E-state index contributed by atoms with van der Waals surface area (Å²) in [6.07, 6.45) is 4.04. The van der Waals surface area contributed by atoms with Gasteiger partial charge in [0.05, 0.1) is 12.4 Å². The molecule has 0 radical (unpaired) electrons. The van der Waals surface area contributed by atoms with Gasteiger partial charge < -0.3 is 2.85 Å². The van der Waals surface area contributed by atoms with Crippen molar-refractivity contribution in [2.24, 2.45) is 0 Å². The fourth-order valence-electron chi connectivity index (χ4n) is 0.740. The van der Waals surface area contributed by atoms with Gasteiger partial charge in [-0.25, -0.2) is 0 Å². The molecule has 0 bridgehead atoms. The summed E-state index contributed by atoms with van der Waals surface area (Å²) in [5.74, 6) is 0.120. The van der Waals surface area contributed by atoms with Gasteiger partial charge in [-0.05, 0) is 6.42 Å². The summed E-state index contributed by atoms with van der Waals surface area (Å²) >= 11 is 0. The van der Waals surface area contributed by atoms with Crippen LogP contribution in [0, 0.1) is 0 Å². The average Bonchev–Trinajstić information content (AvgIpc) is 2.01. The number of hydrogen-bond donors (Lipinski definition) is 0. The summed E-state index contributed by atoms with van der Waals surface area (Å²) in [6.45, 7) is 5.47. The predicted molar refractivity (Wildman–Crippen MR) is 57.4 cm³/mol. The third-order valence-electron chi connectivity index (χ3n) is 1.36. The Morgan fingerprint density at radius 3 is 2.54 bits per heavy atom. The van der Waals surface area contributed by atoms with Gasteiger partial charge in [-0.1, -0.05) is 25.8 Å². The number of rotatable bonds is 7. The molecule has 0 amide bonds. The second kappa shape index (κ2) is 9.46. The first-order chi connectivity index (χ1) is 5.62. The van der Waals surface area contributed by atoms with E-state index in [-0.39, 0.29) is 53.0 Å². The Hall–Kier alpha value is 0.910. The van der Waals surface area contributed by atoms with Gasteiger partial charge in [0.15, 0.2) is 0 Å². The van der Waals surface area contributed by atoms with Crippen LogP contribution >= 0.6 is 0 Å². The molecule has 0 spiro atoms. The normalized spacial score (nSPS) is 10.5. The van der Waals surface area contributed by atoms with Crippen LogP contribution < -0.4 is 0 Å². The molecule has 5 heteroatoms. The van der Waals surface area contributed by atoms with Gasteiger partial charge in [-0.3, -0.25) is 4.18 Å². The van der Waals surface area contributed by atoms with Crippen molar-refractivity contribution in [1.29, 1.82) is 0 Å². The van der Waals surface area contributed by atoms with Crippen molar-refractivity contribution in [2.75, 3.05) is 12.4 Å². The topological polar surface area (TPSA) is 43.4 Å². The third-order valence-corrected chi connectivity index (χ3v) is 2.65. The van der Waals surface area contributed by atoms with E-state index in [0.29, 0.717) is 6.42 Å². The van der Waals surface area contributed by atoms with Crippen molar-refractivity contribution in [2.45, 2.75) is 26.2 Å². The minimum atomic E-state index is -3.29. The van der Waals surface area contributed by atoms with E-state index in [1.54, 1.807) is 0 Å². The van der Waals surface area contributed by atoms with E-state index in [1.807, 2.05) is 6.92 Å². The molecule has 0 rings (SSSR count). The molecule has 0 aliphatic carbocycles. The van der Waals surface area contributed by atoms with Gasteiger partial charge in [0.25, 0.3) is 10.1 Å². The van der Waals surface area contributed by atoms with Gasteiger partial charge in [0.2, 0.25) is 0 Å². The molecule has 0 aromatic carbocycles. The van der Waals surface area contributed by atoms with Gasteiger partial charge >= 0.3 is 37.7 Å². The zero-order valence-corrected chi connectivity index (χ0v) is 11.2. The van der Waals surface area contributed by atoms with Crippen molar-refractivity contribution in [1.82, 2.24) is 0 Å². The van der Waals surface area contributed by atoms with Gasteiger partial charge in [0.1, 0.15) is 0 Å². The zero-order chi connectivity index (χ0) is 9.45. The van der Waals surface area contributed by atoms with E-state index in [1.165, 1.54) is 6.08 Å². The van der Waals surface area contributed by atoms with Crippen molar-refractivity contribution >= 4 is 47.9 Å². The fourth-order valence-corrected chi connectivity index (χ4v) is 1.72. The van der Waals surface area contributed by atoms with Gasteiger partial charge in [-0.15, -0.1) is 6.58 Å². The Kier molecular flexibility index (Phi) is 11.9. The quantitative estimate of drug-likeness (QED) is 0.290. The molecule has 76 valence electrons. The molecule has 0 heterocycles. The molecule has 0 saturated heterocycles. The maximum atomic E-state index is 11.0. The molecular formula is C8H18CaO3S. The van der Waals surface area contributed by atoms with Crippen LogP contribution in [0.25, 0.3) is 0 Å². The minimum Gasteiger partial charge on any atom is -1.00 e. The first-order valence-electron chi connectivity index (χ1n) is 4.10. The van der Waals surface area contributed by atoms with E-state index in [2.05, 4.69) is 10.8 Å². The summed E-state index contributed by atoms with van der Waals surface area (Å²) < 4.78 is 26.6. The van der Waals surface area contributed by atoms with Crippen LogP contribution in [0.1, 0.15) is 29.0 Å². The van der Waals surface area contributed by atoms with E-state index in [0.717, 1.165) is 12.8 Å². The van der Waals surface area contributed by atoms with Crippen LogP contribution in [-0.2, 0) is 14.3 Å². The Bertz CT molecular complexity index is 220. The van der Waals surface area contributed by atoms with E-state index >= 15 is 0 Å². The Balaban J connectivity index is -0.000000202. The second-order valence-electron chi connectivity index (χ2n) is 2.54. The molecule has 0 aromatic heterocycles. The summed E-state index contributed by atoms with van der Waals surface area (Å²) in [5.41, 5.74) is 0. The second-order valence-corrected chi connectivity index (χ2v) is 4.30. The van der Waals surface area contributed by atoms with Crippen LogP contribution in [0.3, 0.4) is 0 Å². The summed E-state index contributed by atoms with van der Waals surface area (Å²) in [6, 6.07) is 0. The predicted octanol–water partition coefficient (Wildman–Crippen LogP) is 1.55. The largest absolute Gasteiger partial charge is 2.00 e. The third kappa shape index (κ3) is 10.8. The van der Waals surface area contributed by atoms with E-state index < -0.39 is 10.1 Å². The maximum Gasteiger partial charge on any atom is 2.00 e. The monoisotopic (exact) mass is 234 g/mol. The molecule has 0 aliphatic rings. The zero-order valence-electron chi connectivity index (χ0n) is 10.2. The summed E-state index contributed by atoms with van der Waals surface area (Å²) in [4.78, 5) is 0. The Morgan fingerprint density at radius 2 is 2.08 bits per heavy atom. The molecule has 0 aliphatic heterocycles. The smallest absolute Gasteiger partial charge is 1.00 e. The molecule has 0 fully saturated rings. The molecule has 0 N–H and O–H groups in total. The van der Waals surface area contributed by atoms with Gasteiger partial charge in [-0.2, -0.15) is 8.42 Å². The van der Waals surface area contributed by atoms with Gasteiger partial charge in [0, 0.05) is 0 Å². The van der Waals surface area contributed by atoms with Crippen molar-refractivity contribution in [3.8, 4) is 0 Å². The standard InChI is InChI=1S/C8H16O3S.Ca.2H/c1-3-5-6-8-12(9,10)11-7-4-2;;;/h4H,2-3,5-8H2,1H3;;;/q;+2;2*-1. The van der Waals surface area contributed by atoms with Crippen LogP contribution in [0.2, 0.25) is 0 Å². The Morgan fingerprint density at radius 1 is 1.46 bits per heavy atom. The molecule has 0 aromatic rings. The first kappa shape index (κ1) is 16.3. The van der Waals surface area contributed by atoms with Crippen LogP contribution in [-0.4, -0.2) is 58.5 Å². The van der Waals surface area contributed by atoms with Crippen molar-refractivity contribution in [3.05, 3.63) is 12.7 Å². The van der Waals surface area contributed by atoms with Crippen molar-refractivity contribution in [3.63, 3.8) is 0 Å². The summed E-state index contributed by atoms with van der Waals surface area (Å²) in [7, 11) is -3.29. The Labute approximate surface area is 114 Å².